The summed E-state index contributed by atoms with van der Waals surface area (Å²) in [5.41, 5.74) is 5.21. The van der Waals surface area contributed by atoms with Crippen molar-refractivity contribution in [1.82, 2.24) is 0 Å². The molecule has 0 heterocycles. The number of ether oxygens (including phenoxy) is 1. The van der Waals surface area contributed by atoms with Crippen LogP contribution in [0.4, 0.5) is 4.39 Å². The summed E-state index contributed by atoms with van der Waals surface area (Å²) < 4.78 is 18.8. The van der Waals surface area contributed by atoms with Crippen LogP contribution in [0.25, 0.3) is 0 Å². The Morgan fingerprint density at radius 1 is 1.64 bits per heavy atom. The molecule has 0 unspecified atom stereocenters. The van der Waals surface area contributed by atoms with E-state index in [0.29, 0.717) is 4.47 Å². The molecule has 0 atom stereocenters. The van der Waals surface area contributed by atoms with E-state index in [1.165, 1.54) is 13.2 Å². The quantitative estimate of drug-likeness (QED) is 0.899. The molecule has 1 aromatic rings. The number of benzene rings is 1. The van der Waals surface area contributed by atoms with Gasteiger partial charge in [-0.05, 0) is 12.1 Å². The minimum atomic E-state index is -0.585. The largest absolute Gasteiger partial charge is 0.494 e. The summed E-state index contributed by atoms with van der Waals surface area (Å²) in [4.78, 5) is 10.7. The Hall–Kier alpha value is -1.10. The first kappa shape index (κ1) is 11.0. The maximum Gasteiger partial charge on any atom is 0.221 e. The van der Waals surface area contributed by atoms with Gasteiger partial charge in [0.15, 0.2) is 11.6 Å². The number of methoxy groups -OCH3 is 1. The Bertz CT molecular complexity index is 368. The first-order valence-corrected chi connectivity index (χ1v) is 4.64. The van der Waals surface area contributed by atoms with Crippen molar-refractivity contribution in [2.75, 3.05) is 7.11 Å². The van der Waals surface area contributed by atoms with E-state index in [4.69, 9.17) is 10.5 Å². The third kappa shape index (κ3) is 2.23. The normalized spacial score (nSPS) is 9.93. The van der Waals surface area contributed by atoms with Crippen LogP contribution >= 0.6 is 15.9 Å². The van der Waals surface area contributed by atoms with Crippen LogP contribution in [0.15, 0.2) is 16.6 Å². The van der Waals surface area contributed by atoms with E-state index in [2.05, 4.69) is 15.9 Å². The van der Waals surface area contributed by atoms with Crippen LogP contribution in [0, 0.1) is 5.82 Å². The van der Waals surface area contributed by atoms with E-state index < -0.39 is 11.7 Å². The molecule has 0 saturated carbocycles. The highest BCUT2D eigenvalue weighted by Gasteiger charge is 2.14. The smallest absolute Gasteiger partial charge is 0.221 e. The predicted molar refractivity (Wildman–Crippen MR) is 53.6 cm³/mol. The number of hydrogen-bond acceptors (Lipinski definition) is 2. The van der Waals surface area contributed by atoms with E-state index >= 15 is 0 Å². The van der Waals surface area contributed by atoms with Gasteiger partial charge in [-0.15, -0.1) is 0 Å². The molecule has 0 fully saturated rings. The number of rotatable bonds is 3. The number of nitrogens with two attached hydrogens (primary N) is 1. The first-order valence-electron chi connectivity index (χ1n) is 3.85. The number of carbonyl (C=O) groups is 1. The van der Waals surface area contributed by atoms with E-state index in [9.17, 15) is 9.18 Å². The lowest BCUT2D eigenvalue weighted by Gasteiger charge is -2.07. The second kappa shape index (κ2) is 4.41. The Morgan fingerprint density at radius 3 is 2.79 bits per heavy atom. The molecule has 3 nitrogen and oxygen atoms in total. The number of halogens is 2. The Balaban J connectivity index is 3.18. The maximum absolute atomic E-state index is 13.5. The molecule has 0 aromatic heterocycles. The van der Waals surface area contributed by atoms with Crippen molar-refractivity contribution >= 4 is 21.8 Å². The molecule has 0 aliphatic rings. The molecular formula is C9H9BrFNO2. The van der Waals surface area contributed by atoms with Gasteiger partial charge >= 0.3 is 0 Å². The minimum Gasteiger partial charge on any atom is -0.494 e. The van der Waals surface area contributed by atoms with Crippen LogP contribution in [0.1, 0.15) is 5.56 Å². The van der Waals surface area contributed by atoms with Crippen molar-refractivity contribution < 1.29 is 13.9 Å². The average Bonchev–Trinajstić information content (AvgIpc) is 2.12. The van der Waals surface area contributed by atoms with Crippen LogP contribution in [-0.2, 0) is 11.2 Å². The maximum atomic E-state index is 13.5. The number of primary amides is 1. The lowest BCUT2D eigenvalue weighted by molar-refractivity contribution is -0.117. The summed E-state index contributed by atoms with van der Waals surface area (Å²) in [6.07, 6.45) is -0.149. The molecule has 5 heteroatoms. The summed E-state index contributed by atoms with van der Waals surface area (Å²) in [6.45, 7) is 0. The van der Waals surface area contributed by atoms with E-state index in [0.717, 1.165) is 0 Å². The van der Waals surface area contributed by atoms with Gasteiger partial charge in [0, 0.05) is 10.0 Å². The van der Waals surface area contributed by atoms with Gasteiger partial charge in [0.1, 0.15) is 0 Å². The Labute approximate surface area is 89.2 Å². The summed E-state index contributed by atoms with van der Waals surface area (Å²) in [7, 11) is 1.36. The number of hydrogen-bond donors (Lipinski definition) is 1. The van der Waals surface area contributed by atoms with Gasteiger partial charge < -0.3 is 10.5 Å². The highest BCUT2D eigenvalue weighted by atomic mass is 79.9. The SMILES string of the molecule is COc1ccc(Br)c(CC(N)=O)c1F. The molecule has 0 saturated heterocycles. The molecule has 14 heavy (non-hydrogen) atoms. The standard InChI is InChI=1S/C9H9BrFNO2/c1-14-7-3-2-6(10)5(9(7)11)4-8(12)13/h2-3H,4H2,1H3,(H2,12,13). The zero-order valence-electron chi connectivity index (χ0n) is 7.51. The van der Waals surface area contributed by atoms with Gasteiger partial charge in [-0.3, -0.25) is 4.79 Å². The van der Waals surface area contributed by atoms with Crippen molar-refractivity contribution in [2.24, 2.45) is 5.73 Å². The monoisotopic (exact) mass is 261 g/mol. The zero-order chi connectivity index (χ0) is 10.7. The molecule has 0 aliphatic carbocycles. The van der Waals surface area contributed by atoms with Crippen molar-refractivity contribution in [3.05, 3.63) is 28.0 Å². The number of carbonyl (C=O) groups excluding carboxylic acids is 1. The van der Waals surface area contributed by atoms with Crippen LogP contribution in [0.5, 0.6) is 5.75 Å². The first-order chi connectivity index (χ1) is 6.56. The fraction of sp³-hybridized carbons (Fsp3) is 0.222. The molecule has 1 amide bonds. The molecule has 0 bridgehead atoms. The highest BCUT2D eigenvalue weighted by molar-refractivity contribution is 9.10. The molecule has 1 aromatic carbocycles. The molecule has 1 rings (SSSR count). The van der Waals surface area contributed by atoms with Gasteiger partial charge in [-0.1, -0.05) is 15.9 Å². The van der Waals surface area contributed by atoms with Gasteiger partial charge in [0.25, 0.3) is 0 Å². The van der Waals surface area contributed by atoms with Crippen molar-refractivity contribution in [3.63, 3.8) is 0 Å². The fourth-order valence-corrected chi connectivity index (χ4v) is 1.52. The van der Waals surface area contributed by atoms with Gasteiger partial charge in [-0.25, -0.2) is 4.39 Å². The zero-order valence-corrected chi connectivity index (χ0v) is 9.10. The van der Waals surface area contributed by atoms with Gasteiger partial charge in [-0.2, -0.15) is 0 Å². The third-order valence-electron chi connectivity index (χ3n) is 1.72. The van der Waals surface area contributed by atoms with Crippen LogP contribution < -0.4 is 10.5 Å². The highest BCUT2D eigenvalue weighted by Crippen LogP contribution is 2.27. The summed E-state index contributed by atoms with van der Waals surface area (Å²) >= 11 is 3.14. The van der Waals surface area contributed by atoms with Crippen molar-refractivity contribution in [3.8, 4) is 5.75 Å². The topological polar surface area (TPSA) is 52.3 Å². The predicted octanol–water partition coefficient (Wildman–Crippen LogP) is 1.62. The van der Waals surface area contributed by atoms with E-state index in [1.807, 2.05) is 0 Å². The van der Waals surface area contributed by atoms with Crippen molar-refractivity contribution in [2.45, 2.75) is 6.42 Å². The number of amides is 1. The van der Waals surface area contributed by atoms with Crippen molar-refractivity contribution in [1.29, 1.82) is 0 Å². The van der Waals surface area contributed by atoms with Crippen LogP contribution in [0.2, 0.25) is 0 Å². The molecule has 2 N–H and O–H groups in total. The molecule has 0 spiro atoms. The van der Waals surface area contributed by atoms with Gasteiger partial charge in [0.05, 0.1) is 13.5 Å². The molecule has 0 radical (unpaired) electrons. The average molecular weight is 262 g/mol. The fourth-order valence-electron chi connectivity index (χ4n) is 1.07. The summed E-state index contributed by atoms with van der Waals surface area (Å²) in [5.74, 6) is -1.04. The van der Waals surface area contributed by atoms with E-state index in [-0.39, 0.29) is 17.7 Å². The molecule has 0 aliphatic heterocycles. The van der Waals surface area contributed by atoms with Gasteiger partial charge in [0.2, 0.25) is 5.91 Å². The lowest BCUT2D eigenvalue weighted by Crippen LogP contribution is -2.15. The molecular weight excluding hydrogens is 253 g/mol. The summed E-state index contributed by atoms with van der Waals surface area (Å²) in [5, 5.41) is 0. The summed E-state index contributed by atoms with van der Waals surface area (Å²) in [6, 6.07) is 3.09. The third-order valence-corrected chi connectivity index (χ3v) is 2.46. The Kier molecular flexibility index (Phi) is 3.46. The second-order valence-electron chi connectivity index (χ2n) is 2.69. The minimum absolute atomic E-state index is 0.101. The van der Waals surface area contributed by atoms with Crippen LogP contribution in [-0.4, -0.2) is 13.0 Å². The second-order valence-corrected chi connectivity index (χ2v) is 3.54. The van der Waals surface area contributed by atoms with E-state index in [1.54, 1.807) is 6.07 Å². The Morgan fingerprint density at radius 2 is 2.29 bits per heavy atom. The van der Waals surface area contributed by atoms with Crippen LogP contribution in [0.3, 0.4) is 0 Å². The lowest BCUT2D eigenvalue weighted by atomic mass is 10.1. The molecule has 76 valence electrons.